The van der Waals surface area contributed by atoms with E-state index < -0.39 is 0 Å². The number of rotatable bonds is 6. The van der Waals surface area contributed by atoms with E-state index in [0.29, 0.717) is 0 Å². The zero-order chi connectivity index (χ0) is 18.4. The molecule has 5 nitrogen and oxygen atoms in total. The fraction of sp³-hybridized carbons (Fsp3) is 0.333. The van der Waals surface area contributed by atoms with Gasteiger partial charge in [0, 0.05) is 6.54 Å². The van der Waals surface area contributed by atoms with Crippen LogP contribution in [0.15, 0.2) is 54.6 Å². The summed E-state index contributed by atoms with van der Waals surface area (Å²) in [6.07, 6.45) is 2.20. The van der Waals surface area contributed by atoms with E-state index in [1.165, 1.54) is 0 Å². The van der Waals surface area contributed by atoms with Crippen molar-refractivity contribution in [3.05, 3.63) is 65.7 Å². The van der Waals surface area contributed by atoms with Gasteiger partial charge in [0.05, 0.1) is 26.1 Å². The van der Waals surface area contributed by atoms with Gasteiger partial charge in [0.2, 0.25) is 11.8 Å². The molecule has 2 aromatic carbocycles. The number of ether oxygens (including phenoxy) is 1. The number of amides is 2. The van der Waals surface area contributed by atoms with Crippen LogP contribution in [0.1, 0.15) is 30.0 Å². The van der Waals surface area contributed by atoms with Crippen LogP contribution in [0.25, 0.3) is 0 Å². The van der Waals surface area contributed by atoms with Crippen molar-refractivity contribution in [2.24, 2.45) is 0 Å². The molecule has 0 saturated carbocycles. The topological polar surface area (TPSA) is 58.6 Å². The number of likely N-dealkylation sites (tertiary alicyclic amines) is 1. The fourth-order valence-corrected chi connectivity index (χ4v) is 3.36. The molecular weight excluding hydrogens is 328 g/mol. The highest BCUT2D eigenvalue weighted by molar-refractivity contribution is 5.86. The molecule has 3 rings (SSSR count). The molecule has 1 N–H and O–H groups in total. The minimum Gasteiger partial charge on any atom is -0.497 e. The van der Waals surface area contributed by atoms with Crippen LogP contribution in [0, 0.1) is 0 Å². The predicted molar refractivity (Wildman–Crippen MR) is 99.8 cm³/mol. The van der Waals surface area contributed by atoms with Crippen LogP contribution in [0.2, 0.25) is 0 Å². The second-order valence-electron chi connectivity index (χ2n) is 6.46. The lowest BCUT2D eigenvalue weighted by molar-refractivity contribution is -0.133. The maximum atomic E-state index is 12.6. The normalized spacial score (nSPS) is 16.3. The van der Waals surface area contributed by atoms with Crippen molar-refractivity contribution in [1.29, 1.82) is 0 Å². The average molecular weight is 352 g/mol. The summed E-state index contributed by atoms with van der Waals surface area (Å²) in [5, 5.41) is 2.75. The summed E-state index contributed by atoms with van der Waals surface area (Å²) in [5.41, 5.74) is 2.04. The number of methoxy groups -OCH3 is 1. The minimum absolute atomic E-state index is 0.0373. The van der Waals surface area contributed by atoms with E-state index in [1.54, 1.807) is 7.11 Å². The van der Waals surface area contributed by atoms with Gasteiger partial charge in [-0.2, -0.15) is 0 Å². The third-order valence-electron chi connectivity index (χ3n) is 4.72. The number of benzene rings is 2. The molecule has 2 amide bonds. The van der Waals surface area contributed by atoms with E-state index in [0.717, 1.165) is 36.3 Å². The maximum Gasteiger partial charge on any atom is 0.242 e. The summed E-state index contributed by atoms with van der Waals surface area (Å²) < 4.78 is 5.19. The van der Waals surface area contributed by atoms with Gasteiger partial charge in [-0.1, -0.05) is 42.5 Å². The Labute approximate surface area is 154 Å². The van der Waals surface area contributed by atoms with E-state index in [-0.39, 0.29) is 30.8 Å². The molecule has 1 atom stereocenters. The van der Waals surface area contributed by atoms with Crippen LogP contribution in [-0.2, 0) is 16.0 Å². The number of nitrogens with zero attached hydrogens (tertiary/aromatic N) is 1. The molecule has 1 unspecified atom stereocenters. The van der Waals surface area contributed by atoms with Gasteiger partial charge in [-0.15, -0.1) is 0 Å². The third kappa shape index (κ3) is 4.42. The van der Waals surface area contributed by atoms with Gasteiger partial charge in [0.15, 0.2) is 0 Å². The lowest BCUT2D eigenvalue weighted by atomic mass is 10.0. The molecule has 1 aliphatic rings. The highest BCUT2D eigenvalue weighted by Gasteiger charge is 2.29. The molecule has 26 heavy (non-hydrogen) atoms. The summed E-state index contributed by atoms with van der Waals surface area (Å²) in [6, 6.07) is 17.4. The monoisotopic (exact) mass is 352 g/mol. The fourth-order valence-electron chi connectivity index (χ4n) is 3.36. The van der Waals surface area contributed by atoms with Gasteiger partial charge < -0.3 is 15.0 Å². The van der Waals surface area contributed by atoms with Crippen molar-refractivity contribution in [1.82, 2.24) is 10.2 Å². The first-order valence-electron chi connectivity index (χ1n) is 8.91. The molecule has 136 valence electrons. The van der Waals surface area contributed by atoms with Crippen molar-refractivity contribution in [3.63, 3.8) is 0 Å². The summed E-state index contributed by atoms with van der Waals surface area (Å²) in [5.74, 6) is 0.632. The SMILES string of the molecule is COc1ccc(C2CCCN2C(=O)CNC(=O)Cc2ccccc2)cc1. The van der Waals surface area contributed by atoms with Crippen molar-refractivity contribution >= 4 is 11.8 Å². The molecule has 0 radical (unpaired) electrons. The standard InChI is InChI=1S/C21H24N2O3/c1-26-18-11-9-17(10-12-18)19-8-5-13-23(19)21(25)15-22-20(24)14-16-6-3-2-4-7-16/h2-4,6-7,9-12,19H,5,8,13-15H2,1H3,(H,22,24). The molecule has 5 heteroatoms. The van der Waals surface area contributed by atoms with Gasteiger partial charge in [-0.3, -0.25) is 9.59 Å². The molecule has 2 aromatic rings. The summed E-state index contributed by atoms with van der Waals surface area (Å²) >= 11 is 0. The molecule has 0 aliphatic carbocycles. The molecule has 0 bridgehead atoms. The van der Waals surface area contributed by atoms with Gasteiger partial charge in [-0.25, -0.2) is 0 Å². The van der Waals surface area contributed by atoms with Crippen molar-refractivity contribution in [2.75, 3.05) is 20.2 Å². The Morgan fingerprint density at radius 3 is 2.54 bits per heavy atom. The summed E-state index contributed by atoms with van der Waals surface area (Å²) in [7, 11) is 1.64. The average Bonchev–Trinajstić information content (AvgIpc) is 3.17. The molecule has 1 saturated heterocycles. The molecule has 0 spiro atoms. The third-order valence-corrected chi connectivity index (χ3v) is 4.72. The molecule has 1 fully saturated rings. The van der Waals surface area contributed by atoms with Gasteiger partial charge in [0.25, 0.3) is 0 Å². The number of carbonyl (C=O) groups excluding carboxylic acids is 2. The first-order valence-corrected chi connectivity index (χ1v) is 8.91. The first-order chi connectivity index (χ1) is 12.7. The second-order valence-corrected chi connectivity index (χ2v) is 6.46. The summed E-state index contributed by atoms with van der Waals surface area (Å²) in [6.45, 7) is 0.766. The van der Waals surface area contributed by atoms with E-state index >= 15 is 0 Å². The van der Waals surface area contributed by atoms with E-state index in [4.69, 9.17) is 4.74 Å². The van der Waals surface area contributed by atoms with Crippen molar-refractivity contribution in [3.8, 4) is 5.75 Å². The minimum atomic E-state index is -0.134. The van der Waals surface area contributed by atoms with Crippen LogP contribution in [0.4, 0.5) is 0 Å². The lowest BCUT2D eigenvalue weighted by Crippen LogP contribution is -2.40. The second kappa shape index (κ2) is 8.52. The number of nitrogens with one attached hydrogen (secondary N) is 1. The van der Waals surface area contributed by atoms with Gasteiger partial charge in [0.1, 0.15) is 5.75 Å². The Hall–Kier alpha value is -2.82. The van der Waals surface area contributed by atoms with Gasteiger partial charge in [-0.05, 0) is 36.1 Å². The van der Waals surface area contributed by atoms with Gasteiger partial charge >= 0.3 is 0 Å². The first kappa shape index (κ1) is 18.0. The van der Waals surface area contributed by atoms with Crippen molar-refractivity contribution < 1.29 is 14.3 Å². The Balaban J connectivity index is 1.55. The van der Waals surface area contributed by atoms with E-state index in [2.05, 4.69) is 5.32 Å². The van der Waals surface area contributed by atoms with Crippen LogP contribution in [0.5, 0.6) is 5.75 Å². The van der Waals surface area contributed by atoms with Crippen molar-refractivity contribution in [2.45, 2.75) is 25.3 Å². The number of hydrogen-bond acceptors (Lipinski definition) is 3. The largest absolute Gasteiger partial charge is 0.497 e. The van der Waals surface area contributed by atoms with E-state index in [9.17, 15) is 9.59 Å². The number of hydrogen-bond donors (Lipinski definition) is 1. The smallest absolute Gasteiger partial charge is 0.242 e. The Morgan fingerprint density at radius 1 is 1.12 bits per heavy atom. The maximum absolute atomic E-state index is 12.6. The molecular formula is C21H24N2O3. The highest BCUT2D eigenvalue weighted by atomic mass is 16.5. The molecule has 0 aromatic heterocycles. The Kier molecular flexibility index (Phi) is 5.89. The highest BCUT2D eigenvalue weighted by Crippen LogP contribution is 2.32. The zero-order valence-corrected chi connectivity index (χ0v) is 15.0. The predicted octanol–water partition coefficient (Wildman–Crippen LogP) is 2.72. The van der Waals surface area contributed by atoms with Crippen LogP contribution in [-0.4, -0.2) is 36.9 Å². The molecule has 1 heterocycles. The zero-order valence-electron chi connectivity index (χ0n) is 15.0. The lowest BCUT2D eigenvalue weighted by Gasteiger charge is -2.25. The molecule has 1 aliphatic heterocycles. The van der Waals surface area contributed by atoms with Crippen LogP contribution in [0.3, 0.4) is 0 Å². The Bertz CT molecular complexity index is 744. The van der Waals surface area contributed by atoms with E-state index in [1.807, 2.05) is 59.5 Å². The van der Waals surface area contributed by atoms with Crippen LogP contribution >= 0.6 is 0 Å². The number of carbonyl (C=O) groups is 2. The Morgan fingerprint density at radius 2 is 1.85 bits per heavy atom. The quantitative estimate of drug-likeness (QED) is 0.870. The van der Waals surface area contributed by atoms with Crippen LogP contribution < -0.4 is 10.1 Å². The summed E-state index contributed by atoms with van der Waals surface area (Å²) in [4.78, 5) is 26.5.